The Kier molecular flexibility index (Phi) is 4.46. The molecule has 0 spiro atoms. The van der Waals surface area contributed by atoms with E-state index in [1.165, 1.54) is 12.3 Å². The molecule has 1 aromatic heterocycles. The minimum atomic E-state index is -0.116. The number of hydrogen-bond donors (Lipinski definition) is 3. The summed E-state index contributed by atoms with van der Waals surface area (Å²) in [5.41, 5.74) is 6.72. The summed E-state index contributed by atoms with van der Waals surface area (Å²) in [6, 6.07) is 8.77. The van der Waals surface area contributed by atoms with Gasteiger partial charge >= 0.3 is 0 Å². The fraction of sp³-hybridized carbons (Fsp3) is 0.154. The maximum absolute atomic E-state index is 9.04. The van der Waals surface area contributed by atoms with Crippen molar-refractivity contribution in [3.63, 3.8) is 0 Å². The monoisotopic (exact) mass is 274 g/mol. The van der Waals surface area contributed by atoms with Gasteiger partial charge in [0.05, 0.1) is 11.8 Å². The first-order chi connectivity index (χ1) is 9.76. The zero-order valence-electron chi connectivity index (χ0n) is 10.6. The zero-order chi connectivity index (χ0) is 14.4. The van der Waals surface area contributed by atoms with Crippen LogP contribution in [0, 0.1) is 0 Å². The number of amidine groups is 1. The van der Waals surface area contributed by atoms with Gasteiger partial charge in [0.15, 0.2) is 5.84 Å². The van der Waals surface area contributed by atoms with Crippen LogP contribution in [-0.2, 0) is 6.42 Å². The van der Waals surface area contributed by atoms with Crippen LogP contribution in [-0.4, -0.2) is 33.0 Å². The van der Waals surface area contributed by atoms with E-state index in [2.05, 4.69) is 15.4 Å². The molecule has 20 heavy (non-hydrogen) atoms. The fourth-order valence-corrected chi connectivity index (χ4v) is 1.68. The van der Waals surface area contributed by atoms with Gasteiger partial charge in [-0.25, -0.2) is 0 Å². The Morgan fingerprint density at radius 3 is 2.85 bits per heavy atom. The first kappa shape index (κ1) is 13.8. The third kappa shape index (κ3) is 3.01. The molecule has 0 radical (unpaired) electrons. The number of benzene rings is 1. The van der Waals surface area contributed by atoms with Gasteiger partial charge in [0.2, 0.25) is 5.88 Å². The van der Waals surface area contributed by atoms with Gasteiger partial charge in [-0.2, -0.15) is 5.10 Å². The third-order valence-electron chi connectivity index (χ3n) is 2.63. The van der Waals surface area contributed by atoms with Gasteiger partial charge in [-0.15, -0.1) is 5.10 Å². The number of aliphatic hydroxyl groups excluding tert-OH is 1. The number of oxime groups is 1. The SMILES string of the molecule is N/C(=N/O)c1ccnnc1Oc1ccccc1CCO. The highest BCUT2D eigenvalue weighted by molar-refractivity contribution is 5.98. The van der Waals surface area contributed by atoms with E-state index < -0.39 is 0 Å². The number of rotatable bonds is 5. The summed E-state index contributed by atoms with van der Waals surface area (Å²) in [4.78, 5) is 0. The van der Waals surface area contributed by atoms with E-state index in [1.54, 1.807) is 12.1 Å². The second-order valence-electron chi connectivity index (χ2n) is 3.92. The van der Waals surface area contributed by atoms with Crippen LogP contribution in [0.25, 0.3) is 0 Å². The van der Waals surface area contributed by atoms with Gasteiger partial charge in [-0.3, -0.25) is 0 Å². The first-order valence-electron chi connectivity index (χ1n) is 5.92. The zero-order valence-corrected chi connectivity index (χ0v) is 10.6. The standard InChI is InChI=1S/C13H14N4O3/c14-12(17-19)10-5-7-15-16-13(10)20-11-4-2-1-3-9(11)6-8-18/h1-5,7,18-19H,6,8H2,(H2,14,17). The predicted octanol–water partition coefficient (Wildman–Crippen LogP) is 0.898. The van der Waals surface area contributed by atoms with Crippen molar-refractivity contribution in [2.24, 2.45) is 10.9 Å². The molecule has 0 atom stereocenters. The molecule has 4 N–H and O–H groups in total. The quantitative estimate of drug-likeness (QED) is 0.323. The summed E-state index contributed by atoms with van der Waals surface area (Å²) in [7, 11) is 0. The highest BCUT2D eigenvalue weighted by atomic mass is 16.5. The Morgan fingerprint density at radius 2 is 2.10 bits per heavy atom. The number of ether oxygens (including phenoxy) is 1. The van der Waals surface area contributed by atoms with E-state index in [-0.39, 0.29) is 18.3 Å². The second-order valence-corrected chi connectivity index (χ2v) is 3.92. The third-order valence-corrected chi connectivity index (χ3v) is 2.63. The number of para-hydroxylation sites is 1. The van der Waals surface area contributed by atoms with Gasteiger partial charge in [0, 0.05) is 6.61 Å². The summed E-state index contributed by atoms with van der Waals surface area (Å²) in [6.07, 6.45) is 1.87. The molecule has 0 fully saturated rings. The minimum Gasteiger partial charge on any atom is -0.437 e. The van der Waals surface area contributed by atoms with Gasteiger partial charge < -0.3 is 20.8 Å². The number of nitrogens with two attached hydrogens (primary N) is 1. The van der Waals surface area contributed by atoms with Crippen molar-refractivity contribution in [3.8, 4) is 11.6 Å². The molecule has 0 bridgehead atoms. The van der Waals surface area contributed by atoms with Crippen LogP contribution in [0.1, 0.15) is 11.1 Å². The van der Waals surface area contributed by atoms with Crippen LogP contribution in [0.2, 0.25) is 0 Å². The molecule has 1 aromatic carbocycles. The van der Waals surface area contributed by atoms with E-state index in [4.69, 9.17) is 20.8 Å². The van der Waals surface area contributed by atoms with Gasteiger partial charge in [-0.05, 0) is 24.1 Å². The van der Waals surface area contributed by atoms with E-state index in [0.29, 0.717) is 17.7 Å². The van der Waals surface area contributed by atoms with E-state index in [9.17, 15) is 0 Å². The maximum atomic E-state index is 9.04. The Morgan fingerprint density at radius 1 is 1.30 bits per heavy atom. The average Bonchev–Trinajstić information content (AvgIpc) is 2.49. The molecule has 2 aromatic rings. The van der Waals surface area contributed by atoms with Crippen molar-refractivity contribution in [3.05, 3.63) is 47.7 Å². The lowest BCUT2D eigenvalue weighted by molar-refractivity contribution is 0.297. The van der Waals surface area contributed by atoms with Crippen molar-refractivity contribution in [1.82, 2.24) is 10.2 Å². The molecular weight excluding hydrogens is 260 g/mol. The molecule has 1 heterocycles. The Balaban J connectivity index is 2.36. The average molecular weight is 274 g/mol. The van der Waals surface area contributed by atoms with Crippen molar-refractivity contribution in [2.75, 3.05) is 6.61 Å². The molecule has 0 saturated heterocycles. The maximum Gasteiger partial charge on any atom is 0.250 e. The topological polar surface area (TPSA) is 114 Å². The van der Waals surface area contributed by atoms with Crippen LogP contribution in [0.4, 0.5) is 0 Å². The van der Waals surface area contributed by atoms with Crippen LogP contribution >= 0.6 is 0 Å². The van der Waals surface area contributed by atoms with Crippen LogP contribution in [0.3, 0.4) is 0 Å². The molecule has 0 aliphatic carbocycles. The highest BCUT2D eigenvalue weighted by Gasteiger charge is 2.12. The van der Waals surface area contributed by atoms with Crippen molar-refractivity contribution in [1.29, 1.82) is 0 Å². The highest BCUT2D eigenvalue weighted by Crippen LogP contribution is 2.26. The largest absolute Gasteiger partial charge is 0.437 e. The lowest BCUT2D eigenvalue weighted by Gasteiger charge is -2.11. The van der Waals surface area contributed by atoms with E-state index >= 15 is 0 Å². The molecule has 0 unspecified atom stereocenters. The molecule has 0 aliphatic heterocycles. The Hall–Kier alpha value is -2.67. The summed E-state index contributed by atoms with van der Waals surface area (Å²) in [5, 5.41) is 28.3. The Bertz CT molecular complexity index is 616. The Labute approximate surface area is 115 Å². The molecule has 2 rings (SSSR count). The van der Waals surface area contributed by atoms with Crippen molar-refractivity contribution >= 4 is 5.84 Å². The number of nitrogens with zero attached hydrogens (tertiary/aromatic N) is 3. The van der Waals surface area contributed by atoms with Gasteiger partial charge in [0.25, 0.3) is 0 Å². The molecule has 0 aliphatic rings. The lowest BCUT2D eigenvalue weighted by Crippen LogP contribution is -2.15. The minimum absolute atomic E-state index is 0.00787. The summed E-state index contributed by atoms with van der Waals surface area (Å²) in [5.74, 6) is 0.553. The summed E-state index contributed by atoms with van der Waals surface area (Å²) >= 11 is 0. The molecule has 7 heteroatoms. The smallest absolute Gasteiger partial charge is 0.250 e. The number of aliphatic hydroxyl groups is 1. The molecule has 0 amide bonds. The summed E-state index contributed by atoms with van der Waals surface area (Å²) in [6.45, 7) is 0.00787. The molecule has 104 valence electrons. The van der Waals surface area contributed by atoms with Gasteiger partial charge in [0.1, 0.15) is 5.75 Å². The fourth-order valence-electron chi connectivity index (χ4n) is 1.68. The summed E-state index contributed by atoms with van der Waals surface area (Å²) < 4.78 is 5.66. The van der Waals surface area contributed by atoms with E-state index in [0.717, 1.165) is 5.56 Å². The molecule has 0 saturated carbocycles. The van der Waals surface area contributed by atoms with Crippen LogP contribution in [0.5, 0.6) is 11.6 Å². The van der Waals surface area contributed by atoms with E-state index in [1.807, 2.05) is 12.1 Å². The second kappa shape index (κ2) is 6.48. The van der Waals surface area contributed by atoms with Gasteiger partial charge in [-0.1, -0.05) is 23.4 Å². The number of aromatic nitrogens is 2. The van der Waals surface area contributed by atoms with Crippen molar-refractivity contribution in [2.45, 2.75) is 6.42 Å². The molecule has 7 nitrogen and oxygen atoms in total. The number of hydrogen-bond acceptors (Lipinski definition) is 6. The van der Waals surface area contributed by atoms with Crippen LogP contribution in [0.15, 0.2) is 41.7 Å². The predicted molar refractivity (Wildman–Crippen MR) is 71.8 cm³/mol. The van der Waals surface area contributed by atoms with Crippen molar-refractivity contribution < 1.29 is 15.1 Å². The first-order valence-corrected chi connectivity index (χ1v) is 5.92. The van der Waals surface area contributed by atoms with Crippen LogP contribution < -0.4 is 10.5 Å². The lowest BCUT2D eigenvalue weighted by atomic mass is 10.1. The normalized spacial score (nSPS) is 11.3. The molecular formula is C13H14N4O3.